The number of nitrogen functional groups attached to an aromatic ring is 1. The maximum atomic E-state index is 7.44. The lowest BCUT2D eigenvalue weighted by Gasteiger charge is -2.16. The minimum absolute atomic E-state index is 0.0108. The van der Waals surface area contributed by atoms with Gasteiger partial charge in [0.1, 0.15) is 17.3 Å². The van der Waals surface area contributed by atoms with Crippen LogP contribution >= 0.6 is 0 Å². The highest BCUT2D eigenvalue weighted by atomic mass is 16.5. The SMILES string of the molecule is COCCC(C)Oc1cc(OC)cc(C(=N)N)c1. The van der Waals surface area contributed by atoms with Crippen LogP contribution in [0.4, 0.5) is 0 Å². The molecule has 1 rings (SSSR count). The molecule has 1 unspecified atom stereocenters. The third-order valence-corrected chi connectivity index (χ3v) is 2.49. The van der Waals surface area contributed by atoms with Crippen molar-refractivity contribution in [3.63, 3.8) is 0 Å². The summed E-state index contributed by atoms with van der Waals surface area (Å²) >= 11 is 0. The minimum Gasteiger partial charge on any atom is -0.497 e. The molecule has 0 aliphatic rings. The van der Waals surface area contributed by atoms with Gasteiger partial charge in [-0.3, -0.25) is 5.41 Å². The predicted molar refractivity (Wildman–Crippen MR) is 70.6 cm³/mol. The van der Waals surface area contributed by atoms with E-state index >= 15 is 0 Å². The number of ether oxygens (including phenoxy) is 3. The van der Waals surface area contributed by atoms with E-state index in [1.54, 1.807) is 32.4 Å². The Morgan fingerprint density at radius 2 is 1.94 bits per heavy atom. The van der Waals surface area contributed by atoms with E-state index in [0.717, 1.165) is 6.42 Å². The Morgan fingerprint density at radius 1 is 1.28 bits per heavy atom. The van der Waals surface area contributed by atoms with Crippen molar-refractivity contribution in [2.75, 3.05) is 20.8 Å². The monoisotopic (exact) mass is 252 g/mol. The van der Waals surface area contributed by atoms with Crippen LogP contribution in [-0.4, -0.2) is 32.8 Å². The van der Waals surface area contributed by atoms with Gasteiger partial charge < -0.3 is 19.9 Å². The standard InChI is InChI=1S/C13H20N2O3/c1-9(4-5-16-2)18-12-7-10(13(14)15)6-11(8-12)17-3/h6-9H,4-5H2,1-3H3,(H3,14,15). The van der Waals surface area contributed by atoms with Crippen LogP contribution in [0.15, 0.2) is 18.2 Å². The molecule has 100 valence electrons. The lowest BCUT2D eigenvalue weighted by Crippen LogP contribution is -2.15. The maximum Gasteiger partial charge on any atom is 0.124 e. The molecular formula is C13H20N2O3. The van der Waals surface area contributed by atoms with E-state index in [0.29, 0.717) is 23.7 Å². The van der Waals surface area contributed by atoms with Crippen LogP contribution in [0.2, 0.25) is 0 Å². The van der Waals surface area contributed by atoms with Crippen molar-refractivity contribution in [2.24, 2.45) is 5.73 Å². The quantitative estimate of drug-likeness (QED) is 0.573. The number of benzene rings is 1. The van der Waals surface area contributed by atoms with Crippen LogP contribution in [0.1, 0.15) is 18.9 Å². The molecule has 0 radical (unpaired) electrons. The molecule has 0 aliphatic heterocycles. The molecule has 1 aromatic carbocycles. The number of methoxy groups -OCH3 is 2. The van der Waals surface area contributed by atoms with Crippen LogP contribution < -0.4 is 15.2 Å². The van der Waals surface area contributed by atoms with E-state index in [2.05, 4.69) is 0 Å². The average molecular weight is 252 g/mol. The number of amidine groups is 1. The number of nitrogens with two attached hydrogens (primary N) is 1. The number of rotatable bonds is 7. The van der Waals surface area contributed by atoms with Gasteiger partial charge >= 0.3 is 0 Å². The van der Waals surface area contributed by atoms with Crippen LogP contribution in [0.3, 0.4) is 0 Å². The molecular weight excluding hydrogens is 232 g/mol. The molecule has 0 fully saturated rings. The van der Waals surface area contributed by atoms with E-state index < -0.39 is 0 Å². The summed E-state index contributed by atoms with van der Waals surface area (Å²) in [4.78, 5) is 0. The van der Waals surface area contributed by atoms with Crippen LogP contribution in [-0.2, 0) is 4.74 Å². The first-order chi connectivity index (χ1) is 8.56. The Labute approximate surface area is 107 Å². The summed E-state index contributed by atoms with van der Waals surface area (Å²) < 4.78 is 15.9. The van der Waals surface area contributed by atoms with Crippen molar-refractivity contribution >= 4 is 5.84 Å². The van der Waals surface area contributed by atoms with Gasteiger partial charge in [0.25, 0.3) is 0 Å². The van der Waals surface area contributed by atoms with Gasteiger partial charge in [0.15, 0.2) is 0 Å². The molecule has 0 heterocycles. The van der Waals surface area contributed by atoms with Gasteiger partial charge in [0, 0.05) is 31.8 Å². The lowest BCUT2D eigenvalue weighted by molar-refractivity contribution is 0.135. The zero-order chi connectivity index (χ0) is 13.5. The molecule has 0 bridgehead atoms. The smallest absolute Gasteiger partial charge is 0.124 e. The van der Waals surface area contributed by atoms with Crippen molar-refractivity contribution in [1.29, 1.82) is 5.41 Å². The first-order valence-corrected chi connectivity index (χ1v) is 5.76. The van der Waals surface area contributed by atoms with Gasteiger partial charge in [-0.25, -0.2) is 0 Å². The van der Waals surface area contributed by atoms with Crippen molar-refractivity contribution in [1.82, 2.24) is 0 Å². The molecule has 5 nitrogen and oxygen atoms in total. The Morgan fingerprint density at radius 3 is 2.50 bits per heavy atom. The first-order valence-electron chi connectivity index (χ1n) is 5.76. The Hall–Kier alpha value is -1.75. The minimum atomic E-state index is -0.0108. The Kier molecular flexibility index (Phi) is 5.45. The zero-order valence-corrected chi connectivity index (χ0v) is 11.0. The van der Waals surface area contributed by atoms with Gasteiger partial charge in [-0.2, -0.15) is 0 Å². The summed E-state index contributed by atoms with van der Waals surface area (Å²) in [6.07, 6.45) is 0.820. The second kappa shape index (κ2) is 6.86. The highest BCUT2D eigenvalue weighted by Gasteiger charge is 2.08. The van der Waals surface area contributed by atoms with E-state index in [9.17, 15) is 0 Å². The molecule has 0 saturated heterocycles. The second-order valence-electron chi connectivity index (χ2n) is 4.02. The Balaban J connectivity index is 2.81. The largest absolute Gasteiger partial charge is 0.497 e. The fraction of sp³-hybridized carbons (Fsp3) is 0.462. The van der Waals surface area contributed by atoms with Gasteiger partial charge in [-0.15, -0.1) is 0 Å². The highest BCUT2D eigenvalue weighted by Crippen LogP contribution is 2.23. The van der Waals surface area contributed by atoms with Crippen LogP contribution in [0.5, 0.6) is 11.5 Å². The van der Waals surface area contributed by atoms with Crippen molar-refractivity contribution in [3.05, 3.63) is 23.8 Å². The summed E-state index contributed by atoms with van der Waals surface area (Å²) in [6, 6.07) is 5.21. The number of hydrogen-bond donors (Lipinski definition) is 2. The van der Waals surface area contributed by atoms with E-state index in [-0.39, 0.29) is 11.9 Å². The predicted octanol–water partition coefficient (Wildman–Crippen LogP) is 1.78. The molecule has 5 heteroatoms. The lowest BCUT2D eigenvalue weighted by atomic mass is 10.2. The Bertz CT molecular complexity index is 407. The van der Waals surface area contributed by atoms with E-state index in [1.807, 2.05) is 6.92 Å². The maximum absolute atomic E-state index is 7.44. The summed E-state index contributed by atoms with van der Waals surface area (Å²) in [5.74, 6) is 1.25. The van der Waals surface area contributed by atoms with E-state index in [1.165, 1.54) is 0 Å². The molecule has 18 heavy (non-hydrogen) atoms. The second-order valence-corrected chi connectivity index (χ2v) is 4.02. The molecule has 0 saturated carbocycles. The zero-order valence-electron chi connectivity index (χ0n) is 11.0. The van der Waals surface area contributed by atoms with Crippen molar-refractivity contribution in [2.45, 2.75) is 19.4 Å². The molecule has 1 atom stereocenters. The molecule has 0 spiro atoms. The highest BCUT2D eigenvalue weighted by molar-refractivity contribution is 5.95. The number of nitrogens with one attached hydrogen (secondary N) is 1. The van der Waals surface area contributed by atoms with Crippen molar-refractivity contribution in [3.8, 4) is 11.5 Å². The summed E-state index contributed by atoms with van der Waals surface area (Å²) in [5, 5.41) is 7.44. The average Bonchev–Trinajstić information content (AvgIpc) is 2.35. The third-order valence-electron chi connectivity index (χ3n) is 2.49. The molecule has 0 amide bonds. The summed E-state index contributed by atoms with van der Waals surface area (Å²) in [6.45, 7) is 2.61. The molecule has 0 aromatic heterocycles. The topological polar surface area (TPSA) is 77.6 Å². The molecule has 1 aromatic rings. The number of hydrogen-bond acceptors (Lipinski definition) is 4. The van der Waals surface area contributed by atoms with Crippen molar-refractivity contribution < 1.29 is 14.2 Å². The fourth-order valence-electron chi connectivity index (χ4n) is 1.49. The van der Waals surface area contributed by atoms with Gasteiger partial charge in [-0.1, -0.05) is 0 Å². The molecule has 0 aliphatic carbocycles. The molecule has 3 N–H and O–H groups in total. The first kappa shape index (κ1) is 14.3. The van der Waals surface area contributed by atoms with Gasteiger partial charge in [-0.05, 0) is 19.1 Å². The summed E-state index contributed by atoms with van der Waals surface area (Å²) in [5.41, 5.74) is 6.06. The van der Waals surface area contributed by atoms with E-state index in [4.69, 9.17) is 25.4 Å². The summed E-state index contributed by atoms with van der Waals surface area (Å²) in [7, 11) is 3.23. The van der Waals surface area contributed by atoms with Crippen LogP contribution in [0, 0.1) is 5.41 Å². The van der Waals surface area contributed by atoms with Gasteiger partial charge in [0.05, 0.1) is 13.2 Å². The normalized spacial score (nSPS) is 11.9. The fourth-order valence-corrected chi connectivity index (χ4v) is 1.49. The van der Waals surface area contributed by atoms with Gasteiger partial charge in [0.2, 0.25) is 0 Å². The van der Waals surface area contributed by atoms with Crippen LogP contribution in [0.25, 0.3) is 0 Å². The third kappa shape index (κ3) is 4.25.